The van der Waals surface area contributed by atoms with Crippen molar-refractivity contribution in [1.82, 2.24) is 9.80 Å². The van der Waals surface area contributed by atoms with Crippen LogP contribution in [0.2, 0.25) is 0 Å². The fourth-order valence-electron chi connectivity index (χ4n) is 3.81. The minimum absolute atomic E-state index is 0.482. The molecule has 0 bridgehead atoms. The van der Waals surface area contributed by atoms with Gasteiger partial charge in [-0.15, -0.1) is 0 Å². The van der Waals surface area contributed by atoms with Gasteiger partial charge in [0.25, 0.3) is 0 Å². The van der Waals surface area contributed by atoms with Gasteiger partial charge in [0.15, 0.2) is 0 Å². The van der Waals surface area contributed by atoms with Crippen molar-refractivity contribution in [3.63, 3.8) is 0 Å². The number of benzene rings is 1. The highest BCUT2D eigenvalue weighted by atomic mass is 16.3. The van der Waals surface area contributed by atoms with Crippen molar-refractivity contribution in [2.24, 2.45) is 0 Å². The molecule has 0 unspecified atom stereocenters. The predicted octanol–water partition coefficient (Wildman–Crippen LogP) is 3.15. The molecule has 2 saturated heterocycles. The largest absolute Gasteiger partial charge is 0.507 e. The van der Waals surface area contributed by atoms with Gasteiger partial charge in [0.05, 0.1) is 0 Å². The van der Waals surface area contributed by atoms with E-state index in [0.717, 1.165) is 36.8 Å². The SMILES string of the molecule is Cc1cccc(CN2CCC(N3CCCCC3)CC2)c1O. The number of aryl methyl sites for hydroxylation is 1. The average Bonchev–Trinajstić information content (AvgIpc) is 2.53. The highest BCUT2D eigenvalue weighted by Crippen LogP contribution is 2.26. The quantitative estimate of drug-likeness (QED) is 0.925. The lowest BCUT2D eigenvalue weighted by Crippen LogP contribution is -2.46. The topological polar surface area (TPSA) is 26.7 Å². The lowest BCUT2D eigenvalue weighted by molar-refractivity contribution is 0.0893. The molecule has 0 amide bonds. The Morgan fingerprint density at radius 1 is 1.05 bits per heavy atom. The van der Waals surface area contributed by atoms with Gasteiger partial charge < -0.3 is 10.0 Å². The fourth-order valence-corrected chi connectivity index (χ4v) is 3.81. The summed E-state index contributed by atoms with van der Waals surface area (Å²) in [4.78, 5) is 5.21. The Hall–Kier alpha value is -1.06. The zero-order valence-corrected chi connectivity index (χ0v) is 13.2. The Balaban J connectivity index is 1.52. The number of phenolic OH excluding ortho intramolecular Hbond substituents is 1. The molecule has 0 radical (unpaired) electrons. The Kier molecular flexibility index (Phi) is 4.81. The van der Waals surface area contributed by atoms with Crippen LogP contribution in [0, 0.1) is 6.92 Å². The van der Waals surface area contributed by atoms with Crippen LogP contribution in [0.15, 0.2) is 18.2 Å². The number of hydrogen-bond acceptors (Lipinski definition) is 3. The molecule has 3 heteroatoms. The summed E-state index contributed by atoms with van der Waals surface area (Å²) < 4.78 is 0. The van der Waals surface area contributed by atoms with Gasteiger partial charge in [-0.1, -0.05) is 24.6 Å². The molecule has 0 saturated carbocycles. The van der Waals surface area contributed by atoms with E-state index in [1.165, 1.54) is 45.2 Å². The van der Waals surface area contributed by atoms with Crippen molar-refractivity contribution in [2.45, 2.75) is 51.6 Å². The zero-order valence-electron chi connectivity index (χ0n) is 13.2. The first-order chi connectivity index (χ1) is 10.2. The van der Waals surface area contributed by atoms with Crippen LogP contribution in [0.25, 0.3) is 0 Å². The Bertz CT molecular complexity index is 460. The van der Waals surface area contributed by atoms with Crippen molar-refractivity contribution >= 4 is 0 Å². The summed E-state index contributed by atoms with van der Waals surface area (Å²) in [6, 6.07) is 6.87. The zero-order chi connectivity index (χ0) is 14.7. The van der Waals surface area contributed by atoms with Gasteiger partial charge in [-0.3, -0.25) is 4.90 Å². The number of likely N-dealkylation sites (tertiary alicyclic amines) is 2. The standard InChI is InChI=1S/C18H28N2O/c1-15-6-5-7-16(18(15)21)14-19-12-8-17(9-13-19)20-10-3-2-4-11-20/h5-7,17,21H,2-4,8-14H2,1H3. The number of aromatic hydroxyl groups is 1. The molecular formula is C18H28N2O. The molecule has 116 valence electrons. The lowest BCUT2D eigenvalue weighted by atomic mass is 9.99. The maximum absolute atomic E-state index is 10.1. The van der Waals surface area contributed by atoms with Crippen LogP contribution in [0.3, 0.4) is 0 Å². The molecule has 1 N–H and O–H groups in total. The van der Waals surface area contributed by atoms with Gasteiger partial charge in [0.2, 0.25) is 0 Å². The molecule has 1 aromatic carbocycles. The minimum Gasteiger partial charge on any atom is -0.507 e. The third-order valence-corrected chi connectivity index (χ3v) is 5.18. The molecule has 0 atom stereocenters. The van der Waals surface area contributed by atoms with Gasteiger partial charge in [0.1, 0.15) is 5.75 Å². The molecule has 0 spiro atoms. The molecule has 3 nitrogen and oxygen atoms in total. The summed E-state index contributed by atoms with van der Waals surface area (Å²) in [6.45, 7) is 7.80. The van der Waals surface area contributed by atoms with E-state index in [1.807, 2.05) is 19.1 Å². The van der Waals surface area contributed by atoms with Gasteiger partial charge in [-0.2, -0.15) is 0 Å². The summed E-state index contributed by atoms with van der Waals surface area (Å²) in [7, 11) is 0. The van der Waals surface area contributed by atoms with Crippen molar-refractivity contribution in [1.29, 1.82) is 0 Å². The molecular weight excluding hydrogens is 260 g/mol. The van der Waals surface area contributed by atoms with Gasteiger partial charge in [0, 0.05) is 18.2 Å². The number of piperidine rings is 2. The van der Waals surface area contributed by atoms with Gasteiger partial charge >= 0.3 is 0 Å². The maximum atomic E-state index is 10.1. The average molecular weight is 288 g/mol. The number of para-hydroxylation sites is 1. The van der Waals surface area contributed by atoms with E-state index < -0.39 is 0 Å². The van der Waals surface area contributed by atoms with Crippen molar-refractivity contribution < 1.29 is 5.11 Å². The molecule has 2 fully saturated rings. The third kappa shape index (κ3) is 3.58. The normalized spacial score (nSPS) is 22.5. The van der Waals surface area contributed by atoms with E-state index in [9.17, 15) is 5.11 Å². The second-order valence-corrected chi connectivity index (χ2v) is 6.69. The van der Waals surface area contributed by atoms with E-state index in [2.05, 4.69) is 15.9 Å². The molecule has 2 aliphatic rings. The van der Waals surface area contributed by atoms with E-state index in [0.29, 0.717) is 5.75 Å². The van der Waals surface area contributed by atoms with Crippen LogP contribution in [0.5, 0.6) is 5.75 Å². The van der Waals surface area contributed by atoms with Crippen molar-refractivity contribution in [3.8, 4) is 5.75 Å². The van der Waals surface area contributed by atoms with Crippen LogP contribution in [-0.2, 0) is 6.54 Å². The molecule has 1 aromatic rings. The number of phenols is 1. The summed E-state index contributed by atoms with van der Waals surface area (Å²) >= 11 is 0. The second kappa shape index (κ2) is 6.80. The van der Waals surface area contributed by atoms with Gasteiger partial charge in [-0.05, 0) is 64.3 Å². The first-order valence-corrected chi connectivity index (χ1v) is 8.48. The van der Waals surface area contributed by atoms with E-state index in [-0.39, 0.29) is 0 Å². The Morgan fingerprint density at radius 2 is 1.76 bits per heavy atom. The van der Waals surface area contributed by atoms with E-state index in [4.69, 9.17) is 0 Å². The minimum atomic E-state index is 0.482. The molecule has 0 aromatic heterocycles. The first kappa shape index (κ1) is 14.9. The fraction of sp³-hybridized carbons (Fsp3) is 0.667. The Morgan fingerprint density at radius 3 is 2.48 bits per heavy atom. The number of nitrogens with zero attached hydrogens (tertiary/aromatic N) is 2. The molecule has 0 aliphatic carbocycles. The highest BCUT2D eigenvalue weighted by molar-refractivity contribution is 5.39. The van der Waals surface area contributed by atoms with Crippen LogP contribution in [0.1, 0.15) is 43.2 Å². The van der Waals surface area contributed by atoms with Crippen LogP contribution < -0.4 is 0 Å². The van der Waals surface area contributed by atoms with Crippen LogP contribution in [-0.4, -0.2) is 47.1 Å². The van der Waals surface area contributed by atoms with Crippen LogP contribution >= 0.6 is 0 Å². The van der Waals surface area contributed by atoms with Crippen molar-refractivity contribution in [3.05, 3.63) is 29.3 Å². The van der Waals surface area contributed by atoms with Crippen LogP contribution in [0.4, 0.5) is 0 Å². The molecule has 2 heterocycles. The smallest absolute Gasteiger partial charge is 0.122 e. The summed E-state index contributed by atoms with van der Waals surface area (Å²) in [6.07, 6.45) is 6.76. The third-order valence-electron chi connectivity index (χ3n) is 5.18. The van der Waals surface area contributed by atoms with E-state index in [1.54, 1.807) is 0 Å². The van der Waals surface area contributed by atoms with Crippen molar-refractivity contribution in [2.75, 3.05) is 26.2 Å². The summed E-state index contributed by atoms with van der Waals surface area (Å²) in [5, 5.41) is 10.1. The number of rotatable bonds is 3. The van der Waals surface area contributed by atoms with E-state index >= 15 is 0 Å². The lowest BCUT2D eigenvalue weighted by Gasteiger charge is -2.40. The summed E-state index contributed by atoms with van der Waals surface area (Å²) in [5.41, 5.74) is 2.06. The molecule has 21 heavy (non-hydrogen) atoms. The number of hydrogen-bond donors (Lipinski definition) is 1. The Labute approximate surface area is 128 Å². The molecule has 3 rings (SSSR count). The predicted molar refractivity (Wildman–Crippen MR) is 86.6 cm³/mol. The van der Waals surface area contributed by atoms with Gasteiger partial charge in [-0.25, -0.2) is 0 Å². The maximum Gasteiger partial charge on any atom is 0.122 e. The monoisotopic (exact) mass is 288 g/mol. The summed E-state index contributed by atoms with van der Waals surface area (Å²) in [5.74, 6) is 0.482. The second-order valence-electron chi connectivity index (χ2n) is 6.69. The first-order valence-electron chi connectivity index (χ1n) is 8.48. The molecule has 2 aliphatic heterocycles. The highest BCUT2D eigenvalue weighted by Gasteiger charge is 2.25.